The van der Waals surface area contributed by atoms with Crippen LogP contribution in [0, 0.1) is 0 Å². The summed E-state index contributed by atoms with van der Waals surface area (Å²) in [5.41, 5.74) is 0.124. The van der Waals surface area contributed by atoms with Crippen LogP contribution in [-0.2, 0) is 4.79 Å². The molecule has 0 spiro atoms. The molecule has 1 aliphatic rings. The summed E-state index contributed by atoms with van der Waals surface area (Å²) >= 11 is 5.97. The average Bonchev–Trinajstić information content (AvgIpc) is 2.44. The zero-order valence-corrected chi connectivity index (χ0v) is 11.0. The lowest BCUT2D eigenvalue weighted by molar-refractivity contribution is -0.140. The minimum Gasteiger partial charge on any atom is -0.486 e. The van der Waals surface area contributed by atoms with Gasteiger partial charge in [0.15, 0.2) is 17.5 Å². The van der Waals surface area contributed by atoms with Crippen molar-refractivity contribution >= 4 is 23.5 Å². The lowest BCUT2D eigenvalue weighted by Crippen LogP contribution is -2.43. The molecule has 108 valence electrons. The topological polar surface area (TPSA) is 105 Å². The molecule has 8 heteroatoms. The largest absolute Gasteiger partial charge is 0.486 e. The Balaban J connectivity index is 2.22. The summed E-state index contributed by atoms with van der Waals surface area (Å²) in [4.78, 5) is 22.7. The van der Waals surface area contributed by atoms with Gasteiger partial charge >= 0.3 is 5.97 Å². The van der Waals surface area contributed by atoms with Crippen molar-refractivity contribution in [1.29, 1.82) is 0 Å². The molecule has 1 atom stereocenters. The Hall–Kier alpha value is -1.99. The maximum Gasteiger partial charge on any atom is 0.328 e. The standard InChI is InChI=1S/C12H12ClNO6/c13-7-3-6(4-9-10(7)20-2-1-19-9)11(16)14-8(5-15)12(17)18/h3-4,8,15H,1-2,5H2,(H,14,16)(H,17,18)/t8-/m1/s1. The Kier molecular flexibility index (Phi) is 4.31. The number of aliphatic carboxylic acids is 1. The van der Waals surface area contributed by atoms with Gasteiger partial charge in [-0.15, -0.1) is 0 Å². The Morgan fingerprint density at radius 2 is 2.05 bits per heavy atom. The van der Waals surface area contributed by atoms with Gasteiger partial charge in [-0.05, 0) is 12.1 Å². The van der Waals surface area contributed by atoms with Gasteiger partial charge in [-0.3, -0.25) is 4.79 Å². The van der Waals surface area contributed by atoms with Crippen LogP contribution in [0.15, 0.2) is 12.1 Å². The molecule has 0 aromatic heterocycles. The second-order valence-corrected chi connectivity index (χ2v) is 4.44. The number of ether oxygens (including phenoxy) is 2. The fourth-order valence-corrected chi connectivity index (χ4v) is 1.93. The van der Waals surface area contributed by atoms with Gasteiger partial charge in [0.25, 0.3) is 5.91 Å². The third-order valence-corrected chi connectivity index (χ3v) is 2.93. The zero-order chi connectivity index (χ0) is 14.7. The number of hydrogen-bond acceptors (Lipinski definition) is 5. The normalized spacial score (nSPS) is 14.5. The maximum absolute atomic E-state index is 11.9. The number of nitrogens with one attached hydrogen (secondary N) is 1. The third kappa shape index (κ3) is 2.94. The highest BCUT2D eigenvalue weighted by molar-refractivity contribution is 6.32. The fraction of sp³-hybridized carbons (Fsp3) is 0.333. The first kappa shape index (κ1) is 14.4. The molecule has 1 aromatic rings. The molecule has 3 N–H and O–H groups in total. The number of aliphatic hydroxyl groups excluding tert-OH is 1. The summed E-state index contributed by atoms with van der Waals surface area (Å²) in [6.45, 7) is -0.00792. The number of carbonyl (C=O) groups is 2. The highest BCUT2D eigenvalue weighted by atomic mass is 35.5. The van der Waals surface area contributed by atoms with Crippen LogP contribution >= 0.6 is 11.6 Å². The molecule has 1 aliphatic heterocycles. The number of hydrogen-bond donors (Lipinski definition) is 3. The molecular weight excluding hydrogens is 290 g/mol. The molecule has 1 amide bonds. The van der Waals surface area contributed by atoms with Gasteiger partial charge in [0, 0.05) is 5.56 Å². The third-order valence-electron chi connectivity index (χ3n) is 2.65. The lowest BCUT2D eigenvalue weighted by Gasteiger charge is -2.20. The number of rotatable bonds is 4. The number of halogens is 1. The molecule has 0 bridgehead atoms. The first-order chi connectivity index (χ1) is 9.52. The highest BCUT2D eigenvalue weighted by Crippen LogP contribution is 2.38. The zero-order valence-electron chi connectivity index (χ0n) is 10.3. The van der Waals surface area contributed by atoms with Crippen LogP contribution < -0.4 is 14.8 Å². The van der Waals surface area contributed by atoms with Gasteiger partial charge in [-0.2, -0.15) is 0 Å². The summed E-state index contributed by atoms with van der Waals surface area (Å²) < 4.78 is 10.6. The van der Waals surface area contributed by atoms with E-state index >= 15 is 0 Å². The number of aliphatic hydroxyl groups is 1. The van der Waals surface area contributed by atoms with Gasteiger partial charge in [-0.1, -0.05) is 11.6 Å². The van der Waals surface area contributed by atoms with Crippen LogP contribution in [0.4, 0.5) is 0 Å². The quantitative estimate of drug-likeness (QED) is 0.738. The molecule has 0 radical (unpaired) electrons. The van der Waals surface area contributed by atoms with Gasteiger partial charge in [0.05, 0.1) is 11.6 Å². The van der Waals surface area contributed by atoms with E-state index in [4.69, 9.17) is 31.3 Å². The van der Waals surface area contributed by atoms with E-state index in [-0.39, 0.29) is 10.6 Å². The van der Waals surface area contributed by atoms with Crippen LogP contribution in [0.3, 0.4) is 0 Å². The Morgan fingerprint density at radius 1 is 1.35 bits per heavy atom. The SMILES string of the molecule is O=C(N[C@H](CO)C(=O)O)c1cc(Cl)c2c(c1)OCCO2. The van der Waals surface area contributed by atoms with Crippen LogP contribution in [-0.4, -0.2) is 48.0 Å². The second-order valence-electron chi connectivity index (χ2n) is 4.03. The van der Waals surface area contributed by atoms with Crippen LogP contribution in [0.1, 0.15) is 10.4 Å². The molecule has 2 rings (SSSR count). The van der Waals surface area contributed by atoms with Gasteiger partial charge in [0.2, 0.25) is 0 Å². The molecule has 0 fully saturated rings. The number of carboxylic acids is 1. The summed E-state index contributed by atoms with van der Waals surface area (Å²) in [5, 5.41) is 20.0. The number of carbonyl (C=O) groups excluding carboxylic acids is 1. The highest BCUT2D eigenvalue weighted by Gasteiger charge is 2.23. The molecule has 1 heterocycles. The van der Waals surface area contributed by atoms with E-state index in [0.717, 1.165) is 0 Å². The molecule has 7 nitrogen and oxygen atoms in total. The molecule has 0 aliphatic carbocycles. The second kappa shape index (κ2) is 5.98. The van der Waals surface area contributed by atoms with E-state index in [9.17, 15) is 9.59 Å². The van der Waals surface area contributed by atoms with Crippen molar-refractivity contribution in [3.63, 3.8) is 0 Å². The average molecular weight is 302 g/mol. The number of benzene rings is 1. The summed E-state index contributed by atoms with van der Waals surface area (Å²) in [5.74, 6) is -1.33. The molecule has 1 aromatic carbocycles. The number of fused-ring (bicyclic) bond motifs is 1. The van der Waals surface area contributed by atoms with Gasteiger partial charge < -0.3 is 25.0 Å². The van der Waals surface area contributed by atoms with Gasteiger partial charge in [0.1, 0.15) is 13.2 Å². The molecule has 0 saturated carbocycles. The van der Waals surface area contributed by atoms with Crippen molar-refractivity contribution in [1.82, 2.24) is 5.32 Å². The van der Waals surface area contributed by atoms with Crippen LogP contribution in [0.25, 0.3) is 0 Å². The predicted molar refractivity (Wildman–Crippen MR) is 68.4 cm³/mol. The summed E-state index contributed by atoms with van der Waals surface area (Å²) in [6, 6.07) is 1.38. The maximum atomic E-state index is 11.9. The van der Waals surface area contributed by atoms with Gasteiger partial charge in [-0.25, -0.2) is 4.79 Å². The Bertz CT molecular complexity index is 547. The van der Waals surface area contributed by atoms with Crippen molar-refractivity contribution in [2.45, 2.75) is 6.04 Å². The van der Waals surface area contributed by atoms with Crippen molar-refractivity contribution in [2.24, 2.45) is 0 Å². The van der Waals surface area contributed by atoms with E-state index in [1.807, 2.05) is 0 Å². The van der Waals surface area contributed by atoms with E-state index in [1.165, 1.54) is 12.1 Å². The smallest absolute Gasteiger partial charge is 0.328 e. The van der Waals surface area contributed by atoms with E-state index in [1.54, 1.807) is 0 Å². The van der Waals surface area contributed by atoms with E-state index < -0.39 is 24.5 Å². The molecule has 0 unspecified atom stereocenters. The molecule has 0 saturated heterocycles. The first-order valence-corrected chi connectivity index (χ1v) is 6.14. The Morgan fingerprint density at radius 3 is 2.70 bits per heavy atom. The summed E-state index contributed by atoms with van der Waals surface area (Å²) in [6.07, 6.45) is 0. The monoisotopic (exact) mass is 301 g/mol. The lowest BCUT2D eigenvalue weighted by atomic mass is 10.1. The van der Waals surface area contributed by atoms with Crippen molar-refractivity contribution in [3.8, 4) is 11.5 Å². The predicted octanol–water partition coefficient (Wildman–Crippen LogP) is 0.286. The van der Waals surface area contributed by atoms with Crippen molar-refractivity contribution < 1.29 is 29.3 Å². The van der Waals surface area contributed by atoms with Crippen LogP contribution in [0.5, 0.6) is 11.5 Å². The Labute approximate surface area is 119 Å². The number of carboxylic acid groups (broad SMARTS) is 1. The minimum atomic E-state index is -1.38. The molecule has 20 heavy (non-hydrogen) atoms. The van der Waals surface area contributed by atoms with Crippen LogP contribution in [0.2, 0.25) is 5.02 Å². The fourth-order valence-electron chi connectivity index (χ4n) is 1.67. The van der Waals surface area contributed by atoms with E-state index in [0.29, 0.717) is 24.7 Å². The first-order valence-electron chi connectivity index (χ1n) is 5.76. The number of amides is 1. The van der Waals surface area contributed by atoms with Crippen molar-refractivity contribution in [2.75, 3.05) is 19.8 Å². The van der Waals surface area contributed by atoms with E-state index in [2.05, 4.69) is 5.32 Å². The van der Waals surface area contributed by atoms with Crippen molar-refractivity contribution in [3.05, 3.63) is 22.7 Å². The summed E-state index contributed by atoms with van der Waals surface area (Å²) in [7, 11) is 0. The minimum absolute atomic E-state index is 0.124. The molecular formula is C12H12ClNO6.